The molecule has 1 heterocycles. The Hall–Kier alpha value is 0.860. The van der Waals surface area contributed by atoms with Crippen LogP contribution < -0.4 is 0 Å². The maximum Gasteiger partial charge on any atom is 0.252 e. The second-order valence-electron chi connectivity index (χ2n) is 3.25. The Morgan fingerprint density at radius 1 is 1.62 bits per heavy atom. The summed E-state index contributed by atoms with van der Waals surface area (Å²) in [4.78, 5) is 0.103. The summed E-state index contributed by atoms with van der Waals surface area (Å²) < 4.78 is 26.3. The molecule has 8 heteroatoms. The molecule has 1 aromatic heterocycles. The predicted molar refractivity (Wildman–Crippen MR) is 75.2 cm³/mol. The van der Waals surface area contributed by atoms with Crippen molar-refractivity contribution in [3.63, 3.8) is 0 Å². The highest BCUT2D eigenvalue weighted by atomic mass is 79.9. The van der Waals surface area contributed by atoms with E-state index in [1.165, 1.54) is 10.4 Å². The van der Waals surface area contributed by atoms with Gasteiger partial charge in [0.2, 0.25) is 0 Å². The summed E-state index contributed by atoms with van der Waals surface area (Å²) in [7, 11) is -1.88. The van der Waals surface area contributed by atoms with E-state index in [9.17, 15) is 8.42 Å². The lowest BCUT2D eigenvalue weighted by atomic mass is 10.5. The molecule has 16 heavy (non-hydrogen) atoms. The van der Waals surface area contributed by atoms with Crippen LogP contribution in [0, 0.1) is 0 Å². The van der Waals surface area contributed by atoms with Crippen LogP contribution in [0.3, 0.4) is 0 Å². The van der Waals surface area contributed by atoms with Crippen LogP contribution in [0.5, 0.6) is 0 Å². The summed E-state index contributed by atoms with van der Waals surface area (Å²) in [5, 5.41) is 0.420. The molecule has 92 valence electrons. The van der Waals surface area contributed by atoms with Crippen LogP contribution in [-0.4, -0.2) is 31.1 Å². The minimum atomic E-state index is -3.43. The maximum atomic E-state index is 12.1. The van der Waals surface area contributed by atoms with Crippen molar-refractivity contribution in [2.75, 3.05) is 13.6 Å². The molecule has 0 N–H and O–H groups in total. The van der Waals surface area contributed by atoms with Crippen molar-refractivity contribution in [1.29, 1.82) is 0 Å². The lowest BCUT2D eigenvalue weighted by Crippen LogP contribution is -2.30. The first kappa shape index (κ1) is 14.9. The van der Waals surface area contributed by atoms with Crippen molar-refractivity contribution in [3.05, 3.63) is 14.9 Å². The van der Waals surface area contributed by atoms with Crippen molar-refractivity contribution in [3.8, 4) is 0 Å². The third-order valence-corrected chi connectivity index (χ3v) is 6.83. The molecule has 0 radical (unpaired) electrons. The van der Waals surface area contributed by atoms with Gasteiger partial charge in [0.15, 0.2) is 0 Å². The van der Waals surface area contributed by atoms with Gasteiger partial charge in [-0.05, 0) is 22.0 Å². The van der Waals surface area contributed by atoms with Gasteiger partial charge >= 0.3 is 0 Å². The van der Waals surface area contributed by atoms with Crippen molar-refractivity contribution in [1.82, 2.24) is 4.31 Å². The lowest BCUT2D eigenvalue weighted by Gasteiger charge is -2.17. The summed E-state index contributed by atoms with van der Waals surface area (Å²) in [6.45, 7) is 2.30. The fraction of sp³-hybridized carbons (Fsp3) is 0.500. The van der Waals surface area contributed by atoms with Gasteiger partial charge in [0.25, 0.3) is 10.0 Å². The fourth-order valence-corrected chi connectivity index (χ4v) is 5.56. The van der Waals surface area contributed by atoms with Gasteiger partial charge in [-0.3, -0.25) is 0 Å². The summed E-state index contributed by atoms with van der Waals surface area (Å²) in [6, 6.07) is 1.46. The van der Waals surface area contributed by atoms with E-state index in [1.807, 2.05) is 6.92 Å². The highest BCUT2D eigenvalue weighted by Crippen LogP contribution is 2.35. The number of nitrogens with zero attached hydrogens (tertiary/aromatic N) is 1. The first-order valence-corrected chi connectivity index (χ1v) is 8.64. The molecule has 0 spiro atoms. The molecule has 0 aliphatic rings. The van der Waals surface area contributed by atoms with Gasteiger partial charge in [0.1, 0.15) is 4.21 Å². The topological polar surface area (TPSA) is 37.4 Å². The number of sulfonamides is 1. The van der Waals surface area contributed by atoms with Crippen LogP contribution in [0.25, 0.3) is 0 Å². The minimum absolute atomic E-state index is 0.103. The Labute approximate surface area is 121 Å². The lowest BCUT2D eigenvalue weighted by molar-refractivity contribution is 0.475. The molecule has 0 saturated heterocycles. The summed E-state index contributed by atoms with van der Waals surface area (Å²) in [5.74, 6) is 0. The van der Waals surface area contributed by atoms with Crippen molar-refractivity contribution >= 4 is 64.8 Å². The number of hydrogen-bond donors (Lipinski definition) is 0. The van der Waals surface area contributed by atoms with Crippen molar-refractivity contribution in [2.24, 2.45) is 0 Å². The monoisotopic (exact) mass is 409 g/mol. The van der Waals surface area contributed by atoms with E-state index in [-0.39, 0.29) is 9.04 Å². The molecule has 0 bridgehead atoms. The van der Waals surface area contributed by atoms with Crippen molar-refractivity contribution in [2.45, 2.75) is 16.0 Å². The smallest absolute Gasteiger partial charge is 0.206 e. The van der Waals surface area contributed by atoms with Crippen LogP contribution in [0.2, 0.25) is 5.02 Å². The van der Waals surface area contributed by atoms with E-state index in [4.69, 9.17) is 11.6 Å². The quantitative estimate of drug-likeness (QED) is 0.711. The standard InChI is InChI=1S/C8H10Br2ClNO2S2/c1-5(9)4-12(2)16(13,14)7-3-6(11)8(10)15-7/h3,5H,4H2,1-2H3. The van der Waals surface area contributed by atoms with E-state index in [0.29, 0.717) is 15.4 Å². The van der Waals surface area contributed by atoms with E-state index in [2.05, 4.69) is 31.9 Å². The third kappa shape index (κ3) is 3.43. The number of alkyl halides is 1. The molecule has 0 fully saturated rings. The van der Waals surface area contributed by atoms with E-state index < -0.39 is 10.0 Å². The molecule has 3 nitrogen and oxygen atoms in total. The van der Waals surface area contributed by atoms with E-state index in [0.717, 1.165) is 11.3 Å². The first-order valence-electron chi connectivity index (χ1n) is 4.30. The molecular formula is C8H10Br2ClNO2S2. The predicted octanol–water partition coefficient (Wildman–Crippen LogP) is 3.57. The largest absolute Gasteiger partial charge is 0.252 e. The molecule has 0 aliphatic carbocycles. The number of thiophene rings is 1. The molecule has 0 amide bonds. The second kappa shape index (κ2) is 5.67. The zero-order valence-electron chi connectivity index (χ0n) is 8.58. The first-order chi connectivity index (χ1) is 7.25. The van der Waals surface area contributed by atoms with Crippen molar-refractivity contribution < 1.29 is 8.42 Å². The zero-order valence-corrected chi connectivity index (χ0v) is 14.1. The molecule has 0 aromatic carbocycles. The summed E-state index contributed by atoms with van der Waals surface area (Å²) >= 11 is 13.5. The molecule has 0 saturated carbocycles. The highest BCUT2D eigenvalue weighted by molar-refractivity contribution is 9.11. The molecular weight excluding hydrogens is 401 g/mol. The zero-order chi connectivity index (χ0) is 12.5. The van der Waals surface area contributed by atoms with Gasteiger partial charge in [0.05, 0.1) is 8.81 Å². The Morgan fingerprint density at radius 2 is 2.19 bits per heavy atom. The van der Waals surface area contributed by atoms with Gasteiger partial charge in [-0.25, -0.2) is 8.42 Å². The molecule has 0 aliphatic heterocycles. The maximum absolute atomic E-state index is 12.1. The van der Waals surface area contributed by atoms with Crippen LogP contribution in [-0.2, 0) is 10.0 Å². The Balaban J connectivity index is 3.02. The molecule has 1 unspecified atom stereocenters. The fourth-order valence-electron chi connectivity index (χ4n) is 1.06. The second-order valence-corrected chi connectivity index (χ2v) is 9.87. The molecule has 1 atom stereocenters. The Morgan fingerprint density at radius 3 is 2.56 bits per heavy atom. The van der Waals surface area contributed by atoms with E-state index >= 15 is 0 Å². The van der Waals surface area contributed by atoms with Gasteiger partial charge in [-0.1, -0.05) is 34.5 Å². The highest BCUT2D eigenvalue weighted by Gasteiger charge is 2.24. The van der Waals surface area contributed by atoms with Crippen LogP contribution in [0.15, 0.2) is 14.1 Å². The minimum Gasteiger partial charge on any atom is -0.206 e. The normalized spacial score (nSPS) is 14.4. The van der Waals surface area contributed by atoms with Gasteiger partial charge < -0.3 is 0 Å². The number of halogens is 3. The SMILES string of the molecule is CC(Br)CN(C)S(=O)(=O)c1cc(Cl)c(Br)s1. The Bertz CT molecular complexity index is 453. The molecule has 1 aromatic rings. The van der Waals surface area contributed by atoms with Crippen LogP contribution in [0.1, 0.15) is 6.92 Å². The summed E-state index contributed by atoms with van der Waals surface area (Å²) in [5.41, 5.74) is 0. The van der Waals surface area contributed by atoms with E-state index in [1.54, 1.807) is 7.05 Å². The third-order valence-electron chi connectivity index (χ3n) is 1.80. The number of rotatable bonds is 4. The number of hydrogen-bond acceptors (Lipinski definition) is 3. The van der Waals surface area contributed by atoms with Crippen LogP contribution in [0.4, 0.5) is 0 Å². The summed E-state index contributed by atoms with van der Waals surface area (Å²) in [6.07, 6.45) is 0. The average molecular weight is 412 g/mol. The molecule has 1 rings (SSSR count). The van der Waals surface area contributed by atoms with Gasteiger partial charge in [-0.2, -0.15) is 4.31 Å². The average Bonchev–Trinajstić information content (AvgIpc) is 2.46. The van der Waals surface area contributed by atoms with Gasteiger partial charge in [0, 0.05) is 18.4 Å². The van der Waals surface area contributed by atoms with Crippen LogP contribution >= 0.6 is 54.8 Å². The Kier molecular flexibility index (Phi) is 5.28. The van der Waals surface area contributed by atoms with Gasteiger partial charge in [-0.15, -0.1) is 11.3 Å².